The number of carbonyl (C=O) groups is 1. The predicted octanol–water partition coefficient (Wildman–Crippen LogP) is 4.65. The lowest BCUT2D eigenvalue weighted by molar-refractivity contribution is 0.0991. The van der Waals surface area contributed by atoms with Crippen LogP contribution in [0.25, 0.3) is 5.69 Å². The minimum absolute atomic E-state index is 0.0912. The van der Waals surface area contributed by atoms with E-state index in [1.54, 1.807) is 9.58 Å². The van der Waals surface area contributed by atoms with E-state index in [2.05, 4.69) is 51.3 Å². The molecular formula is C29H27ClN6O. The van der Waals surface area contributed by atoms with Crippen LogP contribution < -0.4 is 9.80 Å². The molecule has 2 saturated heterocycles. The highest BCUT2D eigenvalue weighted by Crippen LogP contribution is 2.35. The highest BCUT2D eigenvalue weighted by Gasteiger charge is 2.40. The van der Waals surface area contributed by atoms with Gasteiger partial charge in [-0.25, -0.2) is 9.67 Å². The van der Waals surface area contributed by atoms with Crippen LogP contribution in [0.15, 0.2) is 79.1 Å². The van der Waals surface area contributed by atoms with Crippen molar-refractivity contribution in [2.24, 2.45) is 11.8 Å². The average Bonchev–Trinajstić information content (AvgIpc) is 3.66. The van der Waals surface area contributed by atoms with E-state index in [9.17, 15) is 4.79 Å². The van der Waals surface area contributed by atoms with Gasteiger partial charge in [-0.3, -0.25) is 9.69 Å². The number of rotatable bonds is 5. The van der Waals surface area contributed by atoms with E-state index in [0.717, 1.165) is 55.5 Å². The lowest BCUT2D eigenvalue weighted by Crippen LogP contribution is -2.29. The molecule has 4 aromatic rings. The molecule has 8 heteroatoms. The molecular weight excluding hydrogens is 484 g/mol. The van der Waals surface area contributed by atoms with Crippen LogP contribution >= 0.6 is 11.6 Å². The van der Waals surface area contributed by atoms with Gasteiger partial charge in [0.05, 0.1) is 24.1 Å². The van der Waals surface area contributed by atoms with Crippen molar-refractivity contribution in [1.29, 1.82) is 0 Å². The van der Waals surface area contributed by atoms with Crippen molar-refractivity contribution < 1.29 is 4.79 Å². The third-order valence-electron chi connectivity index (χ3n) is 7.84. The van der Waals surface area contributed by atoms with Crippen molar-refractivity contribution in [3.8, 4) is 5.69 Å². The number of carbonyl (C=O) groups excluding carboxylic acids is 1. The minimum atomic E-state index is -0.0912. The molecule has 0 aliphatic carbocycles. The number of pyridine rings is 1. The van der Waals surface area contributed by atoms with Crippen LogP contribution in [-0.4, -0.2) is 51.8 Å². The molecule has 0 bridgehead atoms. The third-order valence-corrected chi connectivity index (χ3v) is 8.09. The van der Waals surface area contributed by atoms with E-state index in [1.165, 1.54) is 5.56 Å². The average molecular weight is 511 g/mol. The molecule has 2 aromatic heterocycles. The van der Waals surface area contributed by atoms with E-state index in [4.69, 9.17) is 16.6 Å². The van der Waals surface area contributed by atoms with Gasteiger partial charge in [-0.2, -0.15) is 5.10 Å². The summed E-state index contributed by atoms with van der Waals surface area (Å²) in [6.07, 6.45) is 3.74. The zero-order valence-electron chi connectivity index (χ0n) is 20.4. The zero-order valence-corrected chi connectivity index (χ0v) is 21.1. The van der Waals surface area contributed by atoms with Crippen LogP contribution in [-0.2, 0) is 13.1 Å². The summed E-state index contributed by atoms with van der Waals surface area (Å²) >= 11 is 5.99. The fraction of sp³-hybridized carbons (Fsp3) is 0.276. The molecule has 2 atom stereocenters. The summed E-state index contributed by atoms with van der Waals surface area (Å²) in [7, 11) is 0. The largest absolute Gasteiger partial charge is 0.356 e. The first-order valence-electron chi connectivity index (χ1n) is 12.7. The van der Waals surface area contributed by atoms with Crippen molar-refractivity contribution in [3.05, 3.63) is 101 Å². The Morgan fingerprint density at radius 1 is 0.865 bits per heavy atom. The van der Waals surface area contributed by atoms with Gasteiger partial charge in [0.1, 0.15) is 5.82 Å². The number of benzene rings is 2. The first kappa shape index (κ1) is 22.5. The van der Waals surface area contributed by atoms with Crippen molar-refractivity contribution in [2.45, 2.75) is 13.1 Å². The van der Waals surface area contributed by atoms with Gasteiger partial charge in [0.15, 0.2) is 5.69 Å². The van der Waals surface area contributed by atoms with E-state index >= 15 is 0 Å². The van der Waals surface area contributed by atoms with Crippen molar-refractivity contribution in [2.75, 3.05) is 36.0 Å². The van der Waals surface area contributed by atoms with Crippen molar-refractivity contribution in [1.82, 2.24) is 19.7 Å². The molecule has 3 aliphatic rings. The van der Waals surface area contributed by atoms with Crippen molar-refractivity contribution in [3.63, 3.8) is 0 Å². The summed E-state index contributed by atoms with van der Waals surface area (Å²) in [5.74, 6) is 2.26. The van der Waals surface area contributed by atoms with E-state index in [0.29, 0.717) is 29.1 Å². The second kappa shape index (κ2) is 9.01. The summed E-state index contributed by atoms with van der Waals surface area (Å²) in [6.45, 7) is 5.88. The number of fused-ring (bicyclic) bond motifs is 2. The Hall–Kier alpha value is -3.68. The molecule has 0 N–H and O–H groups in total. The Bertz CT molecular complexity index is 1420. The number of hydrogen-bond acceptors (Lipinski definition) is 5. The van der Waals surface area contributed by atoms with Gasteiger partial charge in [0.25, 0.3) is 5.91 Å². The van der Waals surface area contributed by atoms with Crippen LogP contribution in [0.1, 0.15) is 21.6 Å². The molecule has 0 radical (unpaired) electrons. The van der Waals surface area contributed by atoms with Gasteiger partial charge in [-0.05, 0) is 53.8 Å². The summed E-state index contributed by atoms with van der Waals surface area (Å²) in [4.78, 5) is 24.6. The Labute approximate surface area is 220 Å². The first-order chi connectivity index (χ1) is 18.1. The Morgan fingerprint density at radius 2 is 1.59 bits per heavy atom. The second-order valence-corrected chi connectivity index (χ2v) is 10.7. The molecule has 186 valence electrons. The monoisotopic (exact) mass is 510 g/mol. The van der Waals surface area contributed by atoms with Crippen LogP contribution in [0.5, 0.6) is 0 Å². The third kappa shape index (κ3) is 4.18. The van der Waals surface area contributed by atoms with E-state index in [-0.39, 0.29) is 5.91 Å². The van der Waals surface area contributed by atoms with E-state index < -0.39 is 0 Å². The summed E-state index contributed by atoms with van der Waals surface area (Å²) in [5.41, 5.74) is 4.47. The molecule has 2 aromatic carbocycles. The quantitative estimate of drug-likeness (QED) is 0.391. The maximum absolute atomic E-state index is 13.1. The summed E-state index contributed by atoms with van der Waals surface area (Å²) < 4.78 is 1.74. The second-order valence-electron chi connectivity index (χ2n) is 10.3. The van der Waals surface area contributed by atoms with Crippen molar-refractivity contribution >= 4 is 29.0 Å². The molecule has 5 heterocycles. The van der Waals surface area contributed by atoms with Gasteiger partial charge in [0, 0.05) is 49.5 Å². The number of nitrogens with zero attached hydrogens (tertiary/aromatic N) is 6. The minimum Gasteiger partial charge on any atom is -0.356 e. The maximum atomic E-state index is 13.1. The number of hydrogen-bond donors (Lipinski definition) is 0. The molecule has 0 saturated carbocycles. The van der Waals surface area contributed by atoms with Gasteiger partial charge in [-0.1, -0.05) is 41.9 Å². The molecule has 7 rings (SSSR count). The highest BCUT2D eigenvalue weighted by molar-refractivity contribution is 6.30. The SMILES string of the molecule is O=C1c2nn(-c3ccc(Cl)cc3)cc2CN1c1ccc(N2CC3CN(Cc4ccccc4)CC3C2)nc1. The smallest absolute Gasteiger partial charge is 0.279 e. The standard InChI is InChI=1S/C29H27ClN6O/c30-24-6-8-25(9-7-24)36-19-23-18-35(29(37)28(23)32-36)26-10-11-27(31-12-26)34-16-21-14-33(15-22(21)17-34)13-20-4-2-1-3-5-20/h1-12,19,21-22H,13-18H2. The molecule has 3 aliphatic heterocycles. The first-order valence-corrected chi connectivity index (χ1v) is 13.1. The summed E-state index contributed by atoms with van der Waals surface area (Å²) in [6, 6.07) is 22.2. The fourth-order valence-corrected chi connectivity index (χ4v) is 6.11. The number of aromatic nitrogens is 3. The molecule has 2 unspecified atom stereocenters. The van der Waals surface area contributed by atoms with Crippen LogP contribution in [0, 0.1) is 11.8 Å². The normalized spacial score (nSPS) is 21.1. The number of amides is 1. The number of anilines is 2. The zero-order chi connectivity index (χ0) is 24.9. The number of halogens is 1. The Balaban J connectivity index is 0.988. The van der Waals surface area contributed by atoms with Gasteiger partial charge in [-0.15, -0.1) is 0 Å². The van der Waals surface area contributed by atoms with Crippen LogP contribution in [0.2, 0.25) is 5.02 Å². The van der Waals surface area contributed by atoms with Gasteiger partial charge >= 0.3 is 0 Å². The van der Waals surface area contributed by atoms with Gasteiger partial charge in [0.2, 0.25) is 0 Å². The maximum Gasteiger partial charge on any atom is 0.279 e. The van der Waals surface area contributed by atoms with Crippen LogP contribution in [0.4, 0.5) is 11.5 Å². The molecule has 7 nitrogen and oxygen atoms in total. The van der Waals surface area contributed by atoms with Crippen LogP contribution in [0.3, 0.4) is 0 Å². The topological polar surface area (TPSA) is 57.5 Å². The van der Waals surface area contributed by atoms with E-state index in [1.807, 2.05) is 42.7 Å². The fourth-order valence-electron chi connectivity index (χ4n) is 5.98. The Morgan fingerprint density at radius 3 is 2.27 bits per heavy atom. The molecule has 0 spiro atoms. The predicted molar refractivity (Wildman–Crippen MR) is 144 cm³/mol. The Kier molecular flexibility index (Phi) is 5.48. The number of likely N-dealkylation sites (tertiary alicyclic amines) is 1. The summed E-state index contributed by atoms with van der Waals surface area (Å²) in [5, 5.41) is 5.21. The highest BCUT2D eigenvalue weighted by atomic mass is 35.5. The molecule has 37 heavy (non-hydrogen) atoms. The molecule has 2 fully saturated rings. The lowest BCUT2D eigenvalue weighted by Gasteiger charge is -2.23. The van der Waals surface area contributed by atoms with Gasteiger partial charge < -0.3 is 9.80 Å². The molecule has 1 amide bonds. The lowest BCUT2D eigenvalue weighted by atomic mass is 10.0.